The molecule has 0 bridgehead atoms. The number of fused-ring (bicyclic) bond motifs is 4. The van der Waals surface area contributed by atoms with E-state index in [1.165, 1.54) is 117 Å². The van der Waals surface area contributed by atoms with Crippen molar-refractivity contribution in [2.24, 2.45) is 0 Å². The Balaban J connectivity index is 0.000000164. The van der Waals surface area contributed by atoms with Gasteiger partial charge < -0.3 is 24.8 Å². The van der Waals surface area contributed by atoms with E-state index < -0.39 is 0 Å². The monoisotopic (exact) mass is 1070 g/mol. The van der Waals surface area contributed by atoms with E-state index in [-0.39, 0.29) is 24.8 Å². The first-order valence-electron chi connectivity index (χ1n) is 24.7. The van der Waals surface area contributed by atoms with Crippen molar-refractivity contribution < 1.29 is 64.8 Å². The predicted octanol–water partition coefficient (Wildman–Crippen LogP) is 12.3. The summed E-state index contributed by atoms with van der Waals surface area (Å²) in [6, 6.07) is 85.9. The number of hydrogen-bond donors (Lipinski definition) is 0. The molecular weight excluding hydrogens is 1010 g/mol. The average molecular weight is 1070 g/mol. The minimum atomic E-state index is 0. The molecule has 4 heteroatoms. The standard InChI is InChI=1S/2C13H10.4C11H11.2ClH.2Ti/c2*1-3-7-12(8-4-1)11-13-9-5-2-6-10-13;4*1-8-3-4-10-6-9(2)7-11(10)5-8;;;;/h2*1-10H;4*3-7H,1-2H3;2*1H;;/q;;4*-1;;;2*+2/p-2. The quantitative estimate of drug-likeness (QED) is 0.122. The first-order valence-corrected chi connectivity index (χ1v) is 26.3. The Morgan fingerprint density at radius 1 is 0.257 bits per heavy atom. The van der Waals surface area contributed by atoms with Crippen LogP contribution >= 0.6 is 0 Å². The Bertz CT molecular complexity index is 3140. The summed E-state index contributed by atoms with van der Waals surface area (Å²) in [7, 11) is 0. The van der Waals surface area contributed by atoms with Crippen LogP contribution in [0.2, 0.25) is 0 Å². The number of halogens is 2. The second-order valence-corrected chi connectivity index (χ2v) is 20.4. The molecule has 12 rings (SSSR count). The Hall–Kier alpha value is -6.05. The second kappa shape index (κ2) is 29.1. The van der Waals surface area contributed by atoms with Gasteiger partial charge in [-0.15, -0.1) is 162 Å². The summed E-state index contributed by atoms with van der Waals surface area (Å²) in [5.74, 6) is 0. The minimum absolute atomic E-state index is 0. The molecule has 368 valence electrons. The zero-order valence-electron chi connectivity index (χ0n) is 43.8. The van der Waals surface area contributed by atoms with E-state index in [4.69, 9.17) is 0 Å². The summed E-state index contributed by atoms with van der Waals surface area (Å²) in [5.41, 5.74) is 15.9. The molecule has 0 amide bonds. The fourth-order valence-electron chi connectivity index (χ4n) is 8.68. The SMILES string of the molecule is Cc1ccc2[cH-]c(C)cc2c1.Cc1ccc2[cH-]c(C)cc2c1.Cc1ccc2[cH-]c(C)cc2c1.Cc1ccc2[cH-]c(C)cc2c1.[Cl-].[Cl-].[Ti+2]=[C](c1ccccc1)c1ccccc1.[Ti+2]=[C](c1ccccc1)c1ccccc1. The number of benzene rings is 8. The van der Waals surface area contributed by atoms with Crippen molar-refractivity contribution in [1.82, 2.24) is 0 Å². The van der Waals surface area contributed by atoms with Crippen LogP contribution in [0.3, 0.4) is 0 Å². The van der Waals surface area contributed by atoms with Crippen molar-refractivity contribution in [3.05, 3.63) is 309 Å². The second-order valence-electron chi connectivity index (χ2n) is 18.9. The summed E-state index contributed by atoms with van der Waals surface area (Å²) in [4.78, 5) is 0. The molecule has 12 aromatic carbocycles. The van der Waals surface area contributed by atoms with Gasteiger partial charge in [-0.1, -0.05) is 49.9 Å². The third-order valence-corrected chi connectivity index (χ3v) is 14.1. The third kappa shape index (κ3) is 17.5. The molecular formula is C70H64Cl2Ti2-2. The van der Waals surface area contributed by atoms with Gasteiger partial charge in [-0.25, -0.2) is 0 Å². The predicted molar refractivity (Wildman–Crippen MR) is 308 cm³/mol. The van der Waals surface area contributed by atoms with E-state index in [1.807, 2.05) is 24.3 Å². The van der Waals surface area contributed by atoms with Gasteiger partial charge in [0.15, 0.2) is 0 Å². The van der Waals surface area contributed by atoms with Gasteiger partial charge in [0.05, 0.1) is 0 Å². The summed E-state index contributed by atoms with van der Waals surface area (Å²) in [6.45, 7) is 17.0. The number of rotatable bonds is 4. The van der Waals surface area contributed by atoms with E-state index in [2.05, 4.69) is 314 Å². The Morgan fingerprint density at radius 3 is 0.635 bits per heavy atom. The molecule has 0 aliphatic carbocycles. The topological polar surface area (TPSA) is 0 Å². The molecule has 0 saturated heterocycles. The van der Waals surface area contributed by atoms with Crippen LogP contribution in [0.5, 0.6) is 0 Å². The molecule has 0 nitrogen and oxygen atoms in total. The molecule has 74 heavy (non-hydrogen) atoms. The summed E-state index contributed by atoms with van der Waals surface area (Å²) in [6.07, 6.45) is 0. The molecule has 0 aliphatic heterocycles. The summed E-state index contributed by atoms with van der Waals surface area (Å²) >= 11 is 4.31. The third-order valence-electron chi connectivity index (χ3n) is 12.3. The number of aryl methyl sites for hydroxylation is 8. The molecule has 0 spiro atoms. The van der Waals surface area contributed by atoms with Crippen molar-refractivity contribution in [3.8, 4) is 0 Å². The van der Waals surface area contributed by atoms with Crippen LogP contribution in [0.25, 0.3) is 43.1 Å². The van der Waals surface area contributed by atoms with E-state index >= 15 is 0 Å². The van der Waals surface area contributed by atoms with Gasteiger partial charge in [-0.05, 0) is 27.7 Å². The molecule has 0 radical (unpaired) electrons. The molecule has 12 aromatic rings. The molecule has 0 atom stereocenters. The zero-order chi connectivity index (χ0) is 51.0. The molecule has 0 unspecified atom stereocenters. The molecule has 0 fully saturated rings. The number of hydrogen-bond acceptors (Lipinski definition) is 0. The van der Waals surface area contributed by atoms with Crippen LogP contribution < -0.4 is 24.8 Å². The van der Waals surface area contributed by atoms with Crippen molar-refractivity contribution in [2.75, 3.05) is 0 Å². The molecule has 0 saturated carbocycles. The van der Waals surface area contributed by atoms with Crippen molar-refractivity contribution in [1.29, 1.82) is 0 Å². The van der Waals surface area contributed by atoms with Gasteiger partial charge in [-0.2, -0.15) is 24.3 Å². The molecule has 0 aliphatic rings. The van der Waals surface area contributed by atoms with Gasteiger partial charge in [0.1, 0.15) is 0 Å². The maximum absolute atomic E-state index is 2.22. The summed E-state index contributed by atoms with van der Waals surface area (Å²) in [5, 5.41) is 10.9. The van der Waals surface area contributed by atoms with Crippen LogP contribution in [0, 0.1) is 55.4 Å². The van der Waals surface area contributed by atoms with Crippen molar-refractivity contribution in [3.63, 3.8) is 0 Å². The molecule has 0 aromatic heterocycles. The first kappa shape index (κ1) is 58.8. The zero-order valence-corrected chi connectivity index (χ0v) is 48.5. The van der Waals surface area contributed by atoms with Gasteiger partial charge in [0.2, 0.25) is 0 Å². The van der Waals surface area contributed by atoms with Crippen LogP contribution in [0.4, 0.5) is 0 Å². The summed E-state index contributed by atoms with van der Waals surface area (Å²) < 4.78 is 2.65. The van der Waals surface area contributed by atoms with E-state index in [0.717, 1.165) is 0 Å². The fourth-order valence-corrected chi connectivity index (χ4v) is 9.73. The van der Waals surface area contributed by atoms with Crippen molar-refractivity contribution in [2.45, 2.75) is 55.4 Å². The van der Waals surface area contributed by atoms with Crippen LogP contribution in [-0.2, 0) is 39.9 Å². The van der Waals surface area contributed by atoms with Crippen molar-refractivity contribution >= 4 is 50.7 Å². The van der Waals surface area contributed by atoms with E-state index in [9.17, 15) is 0 Å². The van der Waals surface area contributed by atoms with Gasteiger partial charge in [0, 0.05) is 0 Å². The normalized spacial score (nSPS) is 10.1. The Kier molecular flexibility index (Phi) is 23.2. The fraction of sp³-hybridized carbons (Fsp3) is 0.114. The molecule has 0 heterocycles. The van der Waals surface area contributed by atoms with Gasteiger partial charge in [0.25, 0.3) is 0 Å². The first-order chi connectivity index (χ1) is 34.8. The van der Waals surface area contributed by atoms with Crippen LogP contribution in [-0.4, -0.2) is 7.62 Å². The maximum atomic E-state index is 2.22. The van der Waals surface area contributed by atoms with Gasteiger partial charge >= 0.3 is 191 Å². The molecule has 0 N–H and O–H groups in total. The average Bonchev–Trinajstić information content (AvgIpc) is 4.17. The Morgan fingerprint density at radius 2 is 0.446 bits per heavy atom. The Labute approximate surface area is 476 Å². The van der Waals surface area contributed by atoms with E-state index in [1.54, 1.807) is 0 Å². The van der Waals surface area contributed by atoms with E-state index in [0.29, 0.717) is 0 Å². The van der Waals surface area contributed by atoms with Gasteiger partial charge in [-0.3, -0.25) is 0 Å². The van der Waals surface area contributed by atoms with Crippen LogP contribution in [0.1, 0.15) is 66.8 Å². The van der Waals surface area contributed by atoms with Crippen LogP contribution in [0.15, 0.2) is 243 Å².